The molecule has 0 amide bonds. The molecule has 1 aromatic carbocycles. The van der Waals surface area contributed by atoms with Gasteiger partial charge in [-0.1, -0.05) is 6.07 Å². The Hall–Kier alpha value is -1.00. The van der Waals surface area contributed by atoms with Crippen molar-refractivity contribution in [2.75, 3.05) is 13.2 Å². The number of hydrogen-bond donors (Lipinski definition) is 2. The van der Waals surface area contributed by atoms with E-state index in [4.69, 9.17) is 10.8 Å². The molecule has 0 aliphatic heterocycles. The Bertz CT molecular complexity index is 357. The van der Waals surface area contributed by atoms with Crippen molar-refractivity contribution in [2.24, 2.45) is 11.1 Å². The minimum atomic E-state index is -0.552. The number of aliphatic hydroxyl groups excluding tert-OH is 1. The van der Waals surface area contributed by atoms with Gasteiger partial charge in [-0.25, -0.2) is 8.78 Å². The summed E-state index contributed by atoms with van der Waals surface area (Å²) >= 11 is 0. The van der Waals surface area contributed by atoms with Gasteiger partial charge in [0.15, 0.2) is 0 Å². The molecule has 1 aliphatic carbocycles. The number of benzene rings is 1. The van der Waals surface area contributed by atoms with Gasteiger partial charge in [-0.15, -0.1) is 0 Å². The van der Waals surface area contributed by atoms with Crippen LogP contribution in [-0.4, -0.2) is 18.3 Å². The summed E-state index contributed by atoms with van der Waals surface area (Å²) in [6.07, 6.45) is 0.553. The second-order valence-corrected chi connectivity index (χ2v) is 4.12. The van der Waals surface area contributed by atoms with Gasteiger partial charge >= 0.3 is 0 Å². The van der Waals surface area contributed by atoms with Crippen molar-refractivity contribution in [1.82, 2.24) is 0 Å². The Morgan fingerprint density at radius 2 is 2.00 bits per heavy atom. The molecule has 15 heavy (non-hydrogen) atoms. The maximum absolute atomic E-state index is 13.4. The summed E-state index contributed by atoms with van der Waals surface area (Å²) in [6.45, 7) is 0.129. The molecule has 1 aliphatic rings. The maximum Gasteiger partial charge on any atom is 0.129 e. The Balaban J connectivity index is 2.34. The van der Waals surface area contributed by atoms with E-state index in [2.05, 4.69) is 0 Å². The summed E-state index contributed by atoms with van der Waals surface area (Å²) in [5.74, 6) is -1.39. The van der Waals surface area contributed by atoms with E-state index in [0.29, 0.717) is 6.42 Å². The first-order valence-electron chi connectivity index (χ1n) is 4.89. The highest BCUT2D eigenvalue weighted by Gasteiger charge is 2.55. The summed E-state index contributed by atoms with van der Waals surface area (Å²) in [6, 6.07) is 3.80. The molecule has 4 heteroatoms. The van der Waals surface area contributed by atoms with Crippen molar-refractivity contribution in [1.29, 1.82) is 0 Å². The zero-order valence-electron chi connectivity index (χ0n) is 8.21. The molecule has 0 radical (unpaired) electrons. The second-order valence-electron chi connectivity index (χ2n) is 4.12. The van der Waals surface area contributed by atoms with Crippen LogP contribution in [-0.2, 0) is 0 Å². The van der Waals surface area contributed by atoms with Crippen LogP contribution in [0.15, 0.2) is 18.2 Å². The van der Waals surface area contributed by atoms with E-state index >= 15 is 0 Å². The van der Waals surface area contributed by atoms with Crippen molar-refractivity contribution < 1.29 is 13.9 Å². The van der Waals surface area contributed by atoms with E-state index < -0.39 is 17.0 Å². The Morgan fingerprint density at radius 1 is 1.40 bits per heavy atom. The molecule has 0 saturated heterocycles. The predicted molar refractivity (Wildman–Crippen MR) is 52.3 cm³/mol. The molecular formula is C11H13F2NO. The van der Waals surface area contributed by atoms with Crippen LogP contribution in [0.2, 0.25) is 0 Å². The molecule has 82 valence electrons. The molecule has 1 fully saturated rings. The number of hydrogen-bond acceptors (Lipinski definition) is 2. The topological polar surface area (TPSA) is 46.2 Å². The molecule has 0 heterocycles. The standard InChI is InChI=1S/C11H13F2NO/c12-8-2-1-3-9(13)10(8)7-4-11(7,5-14)6-15/h1-3,7,15H,4-6,14H2. The van der Waals surface area contributed by atoms with Gasteiger partial charge in [0.05, 0.1) is 6.61 Å². The van der Waals surface area contributed by atoms with Gasteiger partial charge in [0, 0.05) is 17.5 Å². The summed E-state index contributed by atoms with van der Waals surface area (Å²) < 4.78 is 26.8. The van der Waals surface area contributed by atoms with Crippen LogP contribution in [0.5, 0.6) is 0 Å². The molecule has 0 bridgehead atoms. The minimum Gasteiger partial charge on any atom is -0.396 e. The van der Waals surface area contributed by atoms with Crippen LogP contribution in [0.4, 0.5) is 8.78 Å². The summed E-state index contributed by atoms with van der Waals surface area (Å²) in [7, 11) is 0. The zero-order chi connectivity index (χ0) is 11.1. The fourth-order valence-electron chi connectivity index (χ4n) is 2.06. The van der Waals surface area contributed by atoms with E-state index in [1.165, 1.54) is 18.2 Å². The highest BCUT2D eigenvalue weighted by Crippen LogP contribution is 2.59. The predicted octanol–water partition coefficient (Wildman–Crippen LogP) is 1.39. The summed E-state index contributed by atoms with van der Waals surface area (Å²) in [5.41, 5.74) is 5.06. The SMILES string of the molecule is NCC1(CO)CC1c1c(F)cccc1F. The number of rotatable bonds is 3. The van der Waals surface area contributed by atoms with E-state index in [-0.39, 0.29) is 24.6 Å². The monoisotopic (exact) mass is 213 g/mol. The van der Waals surface area contributed by atoms with E-state index in [1.807, 2.05) is 0 Å². The largest absolute Gasteiger partial charge is 0.396 e. The summed E-state index contributed by atoms with van der Waals surface area (Å²) in [4.78, 5) is 0. The van der Waals surface area contributed by atoms with Crippen molar-refractivity contribution in [3.8, 4) is 0 Å². The molecule has 2 rings (SSSR count). The minimum absolute atomic E-state index is 0.0667. The zero-order valence-corrected chi connectivity index (χ0v) is 8.21. The first-order chi connectivity index (χ1) is 7.14. The van der Waals surface area contributed by atoms with Gasteiger partial charge in [-0.3, -0.25) is 0 Å². The van der Waals surface area contributed by atoms with Gasteiger partial charge in [-0.2, -0.15) is 0 Å². The Labute approximate surface area is 86.7 Å². The van der Waals surface area contributed by atoms with Crippen LogP contribution in [0.25, 0.3) is 0 Å². The fourth-order valence-corrected chi connectivity index (χ4v) is 2.06. The molecule has 0 spiro atoms. The lowest BCUT2D eigenvalue weighted by atomic mass is 9.99. The number of halogens is 2. The fraction of sp³-hybridized carbons (Fsp3) is 0.455. The van der Waals surface area contributed by atoms with Gasteiger partial charge in [0.25, 0.3) is 0 Å². The smallest absolute Gasteiger partial charge is 0.129 e. The third kappa shape index (κ3) is 1.54. The number of nitrogens with two attached hydrogens (primary N) is 1. The van der Waals surface area contributed by atoms with Gasteiger partial charge in [0.1, 0.15) is 11.6 Å². The van der Waals surface area contributed by atoms with E-state index in [1.54, 1.807) is 0 Å². The first kappa shape index (κ1) is 10.5. The highest BCUT2D eigenvalue weighted by molar-refractivity contribution is 5.32. The second kappa shape index (κ2) is 3.54. The van der Waals surface area contributed by atoms with Crippen molar-refractivity contribution in [3.63, 3.8) is 0 Å². The van der Waals surface area contributed by atoms with Gasteiger partial charge < -0.3 is 10.8 Å². The van der Waals surface area contributed by atoms with E-state index in [0.717, 1.165) is 0 Å². The molecule has 2 unspecified atom stereocenters. The van der Waals surface area contributed by atoms with Gasteiger partial charge in [0.2, 0.25) is 0 Å². The third-order valence-electron chi connectivity index (χ3n) is 3.26. The van der Waals surface area contributed by atoms with Crippen molar-refractivity contribution >= 4 is 0 Å². The third-order valence-corrected chi connectivity index (χ3v) is 3.26. The first-order valence-corrected chi connectivity index (χ1v) is 4.89. The quantitative estimate of drug-likeness (QED) is 0.797. The average molecular weight is 213 g/mol. The summed E-state index contributed by atoms with van der Waals surface area (Å²) in [5, 5.41) is 9.15. The highest BCUT2D eigenvalue weighted by atomic mass is 19.1. The van der Waals surface area contributed by atoms with Crippen molar-refractivity contribution in [3.05, 3.63) is 35.4 Å². The van der Waals surface area contributed by atoms with Gasteiger partial charge in [-0.05, 0) is 24.5 Å². The molecular weight excluding hydrogens is 200 g/mol. The maximum atomic E-state index is 13.4. The van der Waals surface area contributed by atoms with Crippen LogP contribution in [0, 0.1) is 17.0 Å². The van der Waals surface area contributed by atoms with Crippen molar-refractivity contribution in [2.45, 2.75) is 12.3 Å². The normalized spacial score (nSPS) is 29.2. The molecule has 0 aromatic heterocycles. The van der Waals surface area contributed by atoms with E-state index in [9.17, 15) is 8.78 Å². The molecule has 1 aromatic rings. The van der Waals surface area contributed by atoms with Crippen LogP contribution < -0.4 is 5.73 Å². The van der Waals surface area contributed by atoms with Crippen LogP contribution in [0.1, 0.15) is 17.9 Å². The van der Waals surface area contributed by atoms with Crippen LogP contribution >= 0.6 is 0 Å². The molecule has 2 atom stereocenters. The molecule has 3 N–H and O–H groups in total. The molecule has 1 saturated carbocycles. The molecule has 2 nitrogen and oxygen atoms in total. The lowest BCUT2D eigenvalue weighted by Gasteiger charge is -2.12. The average Bonchev–Trinajstić information content (AvgIpc) is 2.93. The lowest BCUT2D eigenvalue weighted by Crippen LogP contribution is -2.21. The Kier molecular flexibility index (Phi) is 2.48. The number of aliphatic hydroxyl groups is 1. The lowest BCUT2D eigenvalue weighted by molar-refractivity contribution is 0.210. The Morgan fingerprint density at radius 3 is 2.40 bits per heavy atom. The van der Waals surface area contributed by atoms with Crippen LogP contribution in [0.3, 0.4) is 0 Å².